The standard InChI is InChI=1S/C15H16ClN5O2/c1-8-3-4-11(16)6-12(8)18-13(22)5-10-7-21-15(19-14(10)23)17-9(2)20-21/h3-4,6,10H,5,7H2,1-2H3,(H,18,22)(H,17,19,20,23)/t10-/m1/s1. The lowest BCUT2D eigenvalue weighted by atomic mass is 10.0. The van der Waals surface area contributed by atoms with Crippen molar-refractivity contribution in [2.24, 2.45) is 5.92 Å². The molecule has 0 fully saturated rings. The molecule has 1 aliphatic heterocycles. The topological polar surface area (TPSA) is 88.9 Å². The second kappa shape index (κ2) is 6.00. The summed E-state index contributed by atoms with van der Waals surface area (Å²) in [5.41, 5.74) is 1.56. The van der Waals surface area contributed by atoms with Gasteiger partial charge in [0.25, 0.3) is 0 Å². The molecule has 23 heavy (non-hydrogen) atoms. The summed E-state index contributed by atoms with van der Waals surface area (Å²) in [7, 11) is 0. The number of anilines is 2. The highest BCUT2D eigenvalue weighted by atomic mass is 35.5. The molecule has 7 nitrogen and oxygen atoms in total. The lowest BCUT2D eigenvalue weighted by molar-refractivity contribution is -0.126. The van der Waals surface area contributed by atoms with E-state index >= 15 is 0 Å². The normalized spacial score (nSPS) is 16.7. The lowest BCUT2D eigenvalue weighted by Gasteiger charge is -2.21. The number of carbonyl (C=O) groups is 2. The zero-order valence-electron chi connectivity index (χ0n) is 12.8. The number of halogens is 1. The summed E-state index contributed by atoms with van der Waals surface area (Å²) in [5, 5.41) is 10.2. The Bertz CT molecular complexity index is 786. The van der Waals surface area contributed by atoms with E-state index in [-0.39, 0.29) is 18.2 Å². The fourth-order valence-corrected chi connectivity index (χ4v) is 2.66. The maximum atomic E-state index is 12.2. The van der Waals surface area contributed by atoms with Crippen molar-refractivity contribution in [3.8, 4) is 0 Å². The fourth-order valence-electron chi connectivity index (χ4n) is 2.49. The van der Waals surface area contributed by atoms with Crippen LogP contribution < -0.4 is 10.6 Å². The molecule has 1 atom stereocenters. The number of nitrogens with one attached hydrogen (secondary N) is 2. The molecule has 2 amide bonds. The Hall–Kier alpha value is -2.41. The van der Waals surface area contributed by atoms with E-state index in [1.807, 2.05) is 13.0 Å². The highest BCUT2D eigenvalue weighted by molar-refractivity contribution is 6.31. The molecular weight excluding hydrogens is 318 g/mol. The van der Waals surface area contributed by atoms with Crippen LogP contribution in [0.25, 0.3) is 0 Å². The van der Waals surface area contributed by atoms with E-state index in [1.54, 1.807) is 23.7 Å². The van der Waals surface area contributed by atoms with Crippen molar-refractivity contribution >= 4 is 35.1 Å². The van der Waals surface area contributed by atoms with Crippen molar-refractivity contribution in [3.63, 3.8) is 0 Å². The summed E-state index contributed by atoms with van der Waals surface area (Å²) in [6.45, 7) is 3.97. The lowest BCUT2D eigenvalue weighted by Crippen LogP contribution is -2.36. The predicted octanol–water partition coefficient (Wildman–Crippen LogP) is 2.15. The quantitative estimate of drug-likeness (QED) is 0.900. The molecule has 0 spiro atoms. The van der Waals surface area contributed by atoms with Crippen LogP contribution in [0, 0.1) is 19.8 Å². The van der Waals surface area contributed by atoms with E-state index in [0.29, 0.717) is 29.0 Å². The van der Waals surface area contributed by atoms with Gasteiger partial charge in [-0.3, -0.25) is 14.9 Å². The number of benzene rings is 1. The van der Waals surface area contributed by atoms with Gasteiger partial charge in [0.15, 0.2) is 0 Å². The molecule has 0 saturated heterocycles. The van der Waals surface area contributed by atoms with Crippen molar-refractivity contribution in [2.45, 2.75) is 26.8 Å². The molecule has 0 unspecified atom stereocenters. The first kappa shape index (κ1) is 15.5. The Morgan fingerprint density at radius 1 is 1.48 bits per heavy atom. The van der Waals surface area contributed by atoms with Gasteiger partial charge in [0.05, 0.1) is 12.5 Å². The van der Waals surface area contributed by atoms with Gasteiger partial charge in [0.1, 0.15) is 5.82 Å². The number of aryl methyl sites for hydroxylation is 2. The molecule has 0 saturated carbocycles. The SMILES string of the molecule is Cc1nc2n(n1)C[C@@H](CC(=O)Nc1cc(Cl)ccc1C)C(=O)N2. The maximum Gasteiger partial charge on any atom is 0.232 e. The summed E-state index contributed by atoms with van der Waals surface area (Å²) in [4.78, 5) is 28.4. The Morgan fingerprint density at radius 3 is 3.04 bits per heavy atom. The number of hydrogen-bond donors (Lipinski definition) is 2. The van der Waals surface area contributed by atoms with Crippen LogP contribution in [0.15, 0.2) is 18.2 Å². The molecule has 2 aromatic rings. The van der Waals surface area contributed by atoms with Crippen molar-refractivity contribution in [2.75, 3.05) is 10.6 Å². The van der Waals surface area contributed by atoms with Gasteiger partial charge < -0.3 is 5.32 Å². The molecule has 3 rings (SSSR count). The van der Waals surface area contributed by atoms with Crippen LogP contribution in [0.1, 0.15) is 17.8 Å². The van der Waals surface area contributed by atoms with Crippen LogP contribution in [0.4, 0.5) is 11.6 Å². The Labute approximate surface area is 138 Å². The molecule has 2 N–H and O–H groups in total. The van der Waals surface area contributed by atoms with E-state index in [0.717, 1.165) is 5.56 Å². The number of aromatic nitrogens is 3. The molecule has 0 radical (unpaired) electrons. The molecule has 0 aliphatic carbocycles. The monoisotopic (exact) mass is 333 g/mol. The Morgan fingerprint density at radius 2 is 2.26 bits per heavy atom. The summed E-state index contributed by atoms with van der Waals surface area (Å²) in [5.74, 6) is 0.0663. The third-order valence-corrected chi connectivity index (χ3v) is 3.92. The van der Waals surface area contributed by atoms with Crippen LogP contribution in [-0.2, 0) is 16.1 Å². The molecule has 2 heterocycles. The zero-order valence-corrected chi connectivity index (χ0v) is 13.5. The van der Waals surface area contributed by atoms with Crippen molar-refractivity contribution < 1.29 is 9.59 Å². The number of nitrogens with zero attached hydrogens (tertiary/aromatic N) is 3. The third-order valence-electron chi connectivity index (χ3n) is 3.68. The Balaban J connectivity index is 1.68. The minimum Gasteiger partial charge on any atom is -0.326 e. The largest absolute Gasteiger partial charge is 0.326 e. The maximum absolute atomic E-state index is 12.2. The number of fused-ring (bicyclic) bond motifs is 1. The minimum absolute atomic E-state index is 0.0656. The van der Waals surface area contributed by atoms with Gasteiger partial charge in [-0.15, -0.1) is 0 Å². The van der Waals surface area contributed by atoms with Crippen LogP contribution in [0.3, 0.4) is 0 Å². The number of amides is 2. The molecule has 1 aliphatic rings. The zero-order chi connectivity index (χ0) is 16.6. The Kier molecular flexibility index (Phi) is 4.04. The summed E-state index contributed by atoms with van der Waals surface area (Å²) in [6.07, 6.45) is 0.0656. The second-order valence-electron chi connectivity index (χ2n) is 5.56. The average Bonchev–Trinajstić information content (AvgIpc) is 2.82. The number of rotatable bonds is 3. The fraction of sp³-hybridized carbons (Fsp3) is 0.333. The summed E-state index contributed by atoms with van der Waals surface area (Å²) >= 11 is 5.94. The predicted molar refractivity (Wildman–Crippen MR) is 86.3 cm³/mol. The third kappa shape index (κ3) is 3.34. The van der Waals surface area contributed by atoms with Crippen LogP contribution >= 0.6 is 11.6 Å². The van der Waals surface area contributed by atoms with Crippen LogP contribution in [-0.4, -0.2) is 26.6 Å². The van der Waals surface area contributed by atoms with Crippen molar-refractivity contribution in [1.29, 1.82) is 0 Å². The number of hydrogen-bond acceptors (Lipinski definition) is 4. The highest BCUT2D eigenvalue weighted by Crippen LogP contribution is 2.22. The molecular formula is C15H16ClN5O2. The van der Waals surface area contributed by atoms with Gasteiger partial charge in [-0.25, -0.2) is 4.68 Å². The van der Waals surface area contributed by atoms with E-state index < -0.39 is 5.92 Å². The smallest absolute Gasteiger partial charge is 0.232 e. The summed E-state index contributed by atoms with van der Waals surface area (Å²) < 4.78 is 1.61. The van der Waals surface area contributed by atoms with E-state index in [2.05, 4.69) is 20.7 Å². The molecule has 1 aromatic heterocycles. The first-order valence-electron chi connectivity index (χ1n) is 7.20. The molecule has 120 valence electrons. The minimum atomic E-state index is -0.483. The first-order chi connectivity index (χ1) is 10.9. The van der Waals surface area contributed by atoms with Gasteiger partial charge in [-0.2, -0.15) is 10.1 Å². The second-order valence-corrected chi connectivity index (χ2v) is 6.00. The average molecular weight is 334 g/mol. The molecule has 1 aromatic carbocycles. The summed E-state index contributed by atoms with van der Waals surface area (Å²) in [6, 6.07) is 5.28. The van der Waals surface area contributed by atoms with Crippen LogP contribution in [0.5, 0.6) is 0 Å². The van der Waals surface area contributed by atoms with Gasteiger partial charge in [-0.1, -0.05) is 17.7 Å². The van der Waals surface area contributed by atoms with Gasteiger partial charge in [-0.05, 0) is 31.5 Å². The van der Waals surface area contributed by atoms with E-state index in [1.165, 1.54) is 0 Å². The number of carbonyl (C=O) groups excluding carboxylic acids is 2. The van der Waals surface area contributed by atoms with Gasteiger partial charge in [0, 0.05) is 17.1 Å². The molecule has 0 bridgehead atoms. The van der Waals surface area contributed by atoms with Crippen molar-refractivity contribution in [3.05, 3.63) is 34.6 Å². The molecule has 8 heteroatoms. The van der Waals surface area contributed by atoms with Crippen molar-refractivity contribution in [1.82, 2.24) is 14.8 Å². The van der Waals surface area contributed by atoms with Gasteiger partial charge in [0.2, 0.25) is 17.8 Å². The highest BCUT2D eigenvalue weighted by Gasteiger charge is 2.30. The van der Waals surface area contributed by atoms with Crippen LogP contribution in [0.2, 0.25) is 5.02 Å². The van der Waals surface area contributed by atoms with E-state index in [4.69, 9.17) is 11.6 Å². The van der Waals surface area contributed by atoms with Gasteiger partial charge >= 0.3 is 0 Å². The van der Waals surface area contributed by atoms with E-state index in [9.17, 15) is 9.59 Å². The first-order valence-corrected chi connectivity index (χ1v) is 7.58.